The number of hydrogen-bond acceptors (Lipinski definition) is 6. The van der Waals surface area contributed by atoms with Crippen molar-refractivity contribution in [3.8, 4) is 0 Å². The third-order valence-electron chi connectivity index (χ3n) is 4.03. The Hall–Kier alpha value is -1.00. The van der Waals surface area contributed by atoms with E-state index < -0.39 is 10.4 Å². The fourth-order valence-corrected chi connectivity index (χ4v) is 2.05. The first-order valence-electron chi connectivity index (χ1n) is 10.1. The number of hydrogen-bond donors (Lipinski definition) is 0. The summed E-state index contributed by atoms with van der Waals surface area (Å²) in [7, 11) is 6.08. The van der Waals surface area contributed by atoms with Gasteiger partial charge in [0.05, 0.1) is 61.0 Å². The van der Waals surface area contributed by atoms with E-state index in [2.05, 4.69) is 71.6 Å². The van der Waals surface area contributed by atoms with Crippen LogP contribution in [0.2, 0.25) is 0 Å². The van der Waals surface area contributed by atoms with Crippen LogP contribution in [0.1, 0.15) is 47.5 Å². The van der Waals surface area contributed by atoms with Crippen LogP contribution < -0.4 is 5.11 Å². The van der Waals surface area contributed by atoms with Gasteiger partial charge in [0.2, 0.25) is 10.4 Å². The molecule has 0 saturated carbocycles. The average Bonchev–Trinajstić information content (AvgIpc) is 2.61. The van der Waals surface area contributed by atoms with Crippen molar-refractivity contribution in [3.05, 3.63) is 12.7 Å². The van der Waals surface area contributed by atoms with E-state index in [0.717, 1.165) is 8.97 Å². The molecule has 0 radical (unpaired) electrons. The van der Waals surface area contributed by atoms with Gasteiger partial charge in [-0.3, -0.25) is 4.18 Å². The predicted octanol–water partition coefficient (Wildman–Crippen LogP) is 2.03. The molecule has 0 aliphatic rings. The maximum atomic E-state index is 9.90. The molecule has 0 aromatic rings. The van der Waals surface area contributed by atoms with Gasteiger partial charge in [-0.2, -0.15) is 0 Å². The van der Waals surface area contributed by atoms with Gasteiger partial charge < -0.3 is 23.6 Å². The Morgan fingerprint density at radius 3 is 1.34 bits per heavy atom. The first-order chi connectivity index (χ1) is 13.1. The standard InChI is InChI=1S/2C7H18N.C4H7NO.C2H6O4S/c2*1-5-7-8(3,4)6-2;1-3-4(6)5-2;1-2-6-7(3,4)5/h2*5-7H2,1-4H3;3H,1H2,2H3,(H,5,6);2H2,1H3,(H,3,4,5)/q2*+1;;/p-2. The molecule has 0 unspecified atom stereocenters. The molecule has 0 amide bonds. The Balaban J connectivity index is -0.000000145. The molecule has 0 aliphatic carbocycles. The lowest BCUT2D eigenvalue weighted by Crippen LogP contribution is -2.39. The Morgan fingerprint density at radius 2 is 1.31 bits per heavy atom. The Kier molecular flexibility index (Phi) is 24.8. The first kappa shape index (κ1) is 35.4. The molecule has 0 bridgehead atoms. The fourth-order valence-electron chi connectivity index (χ4n) is 1.76. The predicted molar refractivity (Wildman–Crippen MR) is 120 cm³/mol. The van der Waals surface area contributed by atoms with E-state index in [1.807, 2.05) is 0 Å². The maximum Gasteiger partial charge on any atom is 0.217 e. The zero-order valence-electron chi connectivity index (χ0n) is 20.5. The summed E-state index contributed by atoms with van der Waals surface area (Å²) in [4.78, 5) is 3.25. The van der Waals surface area contributed by atoms with E-state index in [0.29, 0.717) is 0 Å². The van der Waals surface area contributed by atoms with Gasteiger partial charge >= 0.3 is 0 Å². The third kappa shape index (κ3) is 38.3. The minimum atomic E-state index is -4.42. The second-order valence-corrected chi connectivity index (χ2v) is 8.58. The largest absolute Gasteiger partial charge is 0.859 e. The van der Waals surface area contributed by atoms with E-state index in [-0.39, 0.29) is 12.5 Å². The zero-order chi connectivity index (χ0) is 24.1. The van der Waals surface area contributed by atoms with Gasteiger partial charge in [-0.15, -0.1) is 0 Å². The Morgan fingerprint density at radius 1 is 0.966 bits per heavy atom. The molecule has 0 aromatic heterocycles. The smallest absolute Gasteiger partial charge is 0.217 e. The molecule has 0 atom stereocenters. The summed E-state index contributed by atoms with van der Waals surface area (Å²) in [6.45, 7) is 18.5. The Bertz CT molecular complexity index is 486. The second-order valence-electron chi connectivity index (χ2n) is 7.53. The highest BCUT2D eigenvalue weighted by Gasteiger charge is 2.08. The molecule has 29 heavy (non-hydrogen) atoms. The van der Waals surface area contributed by atoms with Crippen LogP contribution in [0.15, 0.2) is 17.6 Å². The van der Waals surface area contributed by atoms with Gasteiger partial charge in [-0.05, 0) is 39.5 Å². The molecule has 0 heterocycles. The first-order valence-corrected chi connectivity index (χ1v) is 11.4. The van der Waals surface area contributed by atoms with Crippen LogP contribution in [0.3, 0.4) is 0 Å². The van der Waals surface area contributed by atoms with Crippen LogP contribution in [0.4, 0.5) is 0 Å². The van der Waals surface area contributed by atoms with Crippen LogP contribution in [0.5, 0.6) is 0 Å². The highest BCUT2D eigenvalue weighted by molar-refractivity contribution is 7.80. The average molecular weight is 442 g/mol. The summed E-state index contributed by atoms with van der Waals surface area (Å²) in [6.07, 6.45) is 3.75. The molecule has 0 aromatic carbocycles. The van der Waals surface area contributed by atoms with Crippen molar-refractivity contribution >= 4 is 16.3 Å². The lowest BCUT2D eigenvalue weighted by molar-refractivity contribution is -0.888. The zero-order valence-corrected chi connectivity index (χ0v) is 21.3. The summed E-state index contributed by atoms with van der Waals surface area (Å²) in [5, 5.41) is 9.90. The van der Waals surface area contributed by atoms with Gasteiger partial charge in [0, 0.05) is 7.05 Å². The minimum Gasteiger partial charge on any atom is -0.859 e. The molecule has 0 rings (SSSR count). The van der Waals surface area contributed by atoms with Crippen LogP contribution in [0, 0.1) is 0 Å². The van der Waals surface area contributed by atoms with Gasteiger partial charge in [-0.1, -0.05) is 26.5 Å². The molecular formula is C20H47N3O5S. The third-order valence-corrected chi connectivity index (χ3v) is 4.55. The molecule has 9 heteroatoms. The maximum absolute atomic E-state index is 9.90. The molecule has 0 saturated heterocycles. The fraction of sp³-hybridized carbons (Fsp3) is 0.850. The van der Waals surface area contributed by atoms with E-state index in [9.17, 15) is 18.1 Å². The van der Waals surface area contributed by atoms with E-state index in [1.165, 1.54) is 59.1 Å². The summed E-state index contributed by atoms with van der Waals surface area (Å²) in [6, 6.07) is 0. The number of quaternary nitrogens is 2. The van der Waals surface area contributed by atoms with Crippen molar-refractivity contribution in [1.82, 2.24) is 0 Å². The summed E-state index contributed by atoms with van der Waals surface area (Å²) in [5.74, 6) is -0.269. The van der Waals surface area contributed by atoms with Crippen molar-refractivity contribution < 1.29 is 31.2 Å². The van der Waals surface area contributed by atoms with E-state index in [1.54, 1.807) is 0 Å². The minimum absolute atomic E-state index is 0.0914. The SMILES string of the molecule is C=CC([O-])=NC.CCC[N+](C)(C)CC.CCC[N+](C)(C)CC.CCOS(=O)(=O)[O-]. The van der Waals surface area contributed by atoms with Crippen molar-refractivity contribution in [3.63, 3.8) is 0 Å². The molecule has 0 aliphatic heterocycles. The Labute approximate surface area is 181 Å². The summed E-state index contributed by atoms with van der Waals surface area (Å²) in [5.41, 5.74) is 0. The topological polar surface area (TPSA) is 102 Å². The highest BCUT2D eigenvalue weighted by Crippen LogP contribution is 1.96. The molecular weight excluding hydrogens is 394 g/mol. The van der Waals surface area contributed by atoms with Crippen LogP contribution in [0.25, 0.3) is 0 Å². The van der Waals surface area contributed by atoms with Gasteiger partial charge in [0.1, 0.15) is 0 Å². The van der Waals surface area contributed by atoms with Gasteiger partial charge in [-0.25, -0.2) is 8.42 Å². The van der Waals surface area contributed by atoms with Crippen LogP contribution >= 0.6 is 0 Å². The van der Waals surface area contributed by atoms with E-state index in [4.69, 9.17) is 0 Å². The van der Waals surface area contributed by atoms with Crippen LogP contribution in [-0.4, -0.2) is 95.9 Å². The molecule has 178 valence electrons. The van der Waals surface area contributed by atoms with Crippen molar-refractivity contribution in [1.29, 1.82) is 0 Å². The highest BCUT2D eigenvalue weighted by atomic mass is 32.3. The van der Waals surface area contributed by atoms with Crippen molar-refractivity contribution in [2.45, 2.75) is 47.5 Å². The summed E-state index contributed by atoms with van der Waals surface area (Å²) >= 11 is 0. The van der Waals surface area contributed by atoms with Crippen LogP contribution in [-0.2, 0) is 14.6 Å². The van der Waals surface area contributed by atoms with E-state index >= 15 is 0 Å². The monoisotopic (exact) mass is 441 g/mol. The quantitative estimate of drug-likeness (QED) is 0.179. The lowest BCUT2D eigenvalue weighted by atomic mass is 10.4. The molecule has 0 N–H and O–H groups in total. The normalized spacial score (nSPS) is 11.8. The molecule has 0 spiro atoms. The number of nitrogens with zero attached hydrogens (tertiary/aromatic N) is 3. The second kappa shape index (κ2) is 20.3. The van der Waals surface area contributed by atoms with Crippen molar-refractivity contribution in [2.75, 3.05) is 68.0 Å². The molecule has 8 nitrogen and oxygen atoms in total. The number of aliphatic imine (C=N–C) groups is 1. The summed E-state index contributed by atoms with van der Waals surface area (Å²) < 4.78 is 34.3. The lowest BCUT2D eigenvalue weighted by Gasteiger charge is -2.27. The van der Waals surface area contributed by atoms with Gasteiger partial charge in [0.25, 0.3) is 0 Å². The molecule has 0 fully saturated rings. The van der Waals surface area contributed by atoms with Gasteiger partial charge in [0.15, 0.2) is 0 Å². The van der Waals surface area contributed by atoms with Crippen molar-refractivity contribution in [2.24, 2.45) is 4.99 Å². The number of rotatable bonds is 9.